The number of hydrogen-bond donors (Lipinski definition) is 0. The maximum Gasteiger partial charge on any atom is 0.262 e. The predicted molar refractivity (Wildman–Crippen MR) is 81.4 cm³/mol. The summed E-state index contributed by atoms with van der Waals surface area (Å²) in [7, 11) is -3.59. The van der Waals surface area contributed by atoms with Crippen LogP contribution in [0.2, 0.25) is 5.15 Å². The van der Waals surface area contributed by atoms with Crippen LogP contribution in [0.1, 0.15) is 12.8 Å². The highest BCUT2D eigenvalue weighted by atomic mass is 35.5. The van der Waals surface area contributed by atoms with Crippen LogP contribution < -0.4 is 0 Å². The molecule has 1 aliphatic carbocycles. The van der Waals surface area contributed by atoms with E-state index in [1.807, 2.05) is 5.38 Å². The molecule has 2 aromatic heterocycles. The van der Waals surface area contributed by atoms with Gasteiger partial charge in [0.2, 0.25) is 0 Å². The number of hydrogen-bond acceptors (Lipinski definition) is 5. The highest BCUT2D eigenvalue weighted by Crippen LogP contribution is 2.31. The molecule has 9 heteroatoms. The van der Waals surface area contributed by atoms with E-state index in [4.69, 9.17) is 11.6 Å². The average Bonchev–Trinajstić information content (AvgIpc) is 3.13. The normalized spacial score (nSPS) is 22.1. The first-order valence-corrected chi connectivity index (χ1v) is 9.62. The second kappa shape index (κ2) is 4.92. The van der Waals surface area contributed by atoms with E-state index in [2.05, 4.69) is 9.88 Å². The van der Waals surface area contributed by atoms with Gasteiger partial charge < -0.3 is 0 Å². The Hall–Kier alpha value is -0.670. The zero-order valence-electron chi connectivity index (χ0n) is 11.3. The molecule has 6 nitrogen and oxygen atoms in total. The number of aromatic nitrogens is 2. The Labute approximate surface area is 132 Å². The minimum absolute atomic E-state index is 0.0615. The van der Waals surface area contributed by atoms with Gasteiger partial charge in [-0.05, 0) is 12.8 Å². The fraction of sp³-hybridized carbons (Fsp3) is 0.583. The molecule has 4 rings (SSSR count). The van der Waals surface area contributed by atoms with Crippen LogP contribution in [0.25, 0.3) is 4.96 Å². The molecular formula is C12H15ClN4O2S2. The second-order valence-electron chi connectivity index (χ2n) is 5.43. The number of halogens is 1. The first kappa shape index (κ1) is 14.0. The van der Waals surface area contributed by atoms with Crippen molar-refractivity contribution in [2.75, 3.05) is 26.2 Å². The topological polar surface area (TPSA) is 57.9 Å². The summed E-state index contributed by atoms with van der Waals surface area (Å²) in [6.07, 6.45) is 4.19. The lowest BCUT2D eigenvalue weighted by Crippen LogP contribution is -2.49. The van der Waals surface area contributed by atoms with Gasteiger partial charge in [-0.1, -0.05) is 11.6 Å². The van der Waals surface area contributed by atoms with Crippen molar-refractivity contribution in [2.45, 2.75) is 23.9 Å². The van der Waals surface area contributed by atoms with Gasteiger partial charge in [-0.25, -0.2) is 13.4 Å². The van der Waals surface area contributed by atoms with Gasteiger partial charge >= 0.3 is 0 Å². The summed E-state index contributed by atoms with van der Waals surface area (Å²) in [5.41, 5.74) is 0. The maximum absolute atomic E-state index is 12.8. The van der Waals surface area contributed by atoms with Gasteiger partial charge in [0.15, 0.2) is 15.1 Å². The first-order valence-electron chi connectivity index (χ1n) is 6.92. The van der Waals surface area contributed by atoms with Crippen molar-refractivity contribution in [2.24, 2.45) is 0 Å². The standard InChI is InChI=1S/C12H15ClN4O2S2/c13-10-11(17-7-8-20-12(17)14-10)21(18,19)16-5-3-15(4-6-16)9-1-2-9/h7-9H,1-6H2. The highest BCUT2D eigenvalue weighted by molar-refractivity contribution is 7.89. The van der Waals surface area contributed by atoms with Crippen LogP contribution in [-0.2, 0) is 10.0 Å². The van der Waals surface area contributed by atoms with Gasteiger partial charge in [0.1, 0.15) is 0 Å². The smallest absolute Gasteiger partial charge is 0.262 e. The van der Waals surface area contributed by atoms with Crippen LogP contribution >= 0.6 is 22.9 Å². The zero-order chi connectivity index (χ0) is 14.6. The molecule has 0 amide bonds. The summed E-state index contributed by atoms with van der Waals surface area (Å²) in [4.78, 5) is 7.10. The first-order chi connectivity index (χ1) is 10.1. The summed E-state index contributed by atoms with van der Waals surface area (Å²) < 4.78 is 28.8. The lowest BCUT2D eigenvalue weighted by Gasteiger charge is -2.33. The van der Waals surface area contributed by atoms with E-state index < -0.39 is 10.0 Å². The molecule has 1 aliphatic heterocycles. The summed E-state index contributed by atoms with van der Waals surface area (Å²) >= 11 is 7.43. The van der Waals surface area contributed by atoms with Crippen molar-refractivity contribution in [1.82, 2.24) is 18.6 Å². The number of nitrogens with zero attached hydrogens (tertiary/aromatic N) is 4. The van der Waals surface area contributed by atoms with Crippen LogP contribution in [-0.4, -0.2) is 59.2 Å². The summed E-state index contributed by atoms with van der Waals surface area (Å²) in [6.45, 7) is 2.64. The zero-order valence-corrected chi connectivity index (χ0v) is 13.7. The van der Waals surface area contributed by atoms with Gasteiger partial charge in [-0.15, -0.1) is 11.3 Å². The van der Waals surface area contributed by atoms with E-state index in [0.29, 0.717) is 24.1 Å². The number of piperazine rings is 1. The second-order valence-corrected chi connectivity index (χ2v) is 8.52. The molecule has 0 bridgehead atoms. The summed E-state index contributed by atoms with van der Waals surface area (Å²) in [5.74, 6) is 0. The summed E-state index contributed by atoms with van der Waals surface area (Å²) in [6, 6.07) is 0.678. The van der Waals surface area contributed by atoms with E-state index in [-0.39, 0.29) is 10.2 Å². The minimum Gasteiger partial charge on any atom is -0.298 e. The average molecular weight is 347 g/mol. The molecule has 0 N–H and O–H groups in total. The van der Waals surface area contributed by atoms with Gasteiger partial charge in [-0.3, -0.25) is 9.30 Å². The van der Waals surface area contributed by atoms with Crippen molar-refractivity contribution >= 4 is 37.9 Å². The van der Waals surface area contributed by atoms with Gasteiger partial charge in [0, 0.05) is 43.8 Å². The van der Waals surface area contributed by atoms with E-state index in [1.165, 1.54) is 28.5 Å². The molecule has 0 radical (unpaired) electrons. The third-order valence-electron chi connectivity index (χ3n) is 4.10. The fourth-order valence-corrected chi connectivity index (χ4v) is 5.67. The summed E-state index contributed by atoms with van der Waals surface area (Å²) in [5, 5.41) is 1.97. The van der Waals surface area contributed by atoms with Crippen LogP contribution in [0.5, 0.6) is 0 Å². The molecule has 2 fully saturated rings. The molecule has 2 aliphatic rings. The van der Waals surface area contributed by atoms with Crippen molar-refractivity contribution in [3.05, 3.63) is 16.7 Å². The Bertz CT molecular complexity index is 772. The third kappa shape index (κ3) is 2.29. The Balaban J connectivity index is 1.64. The fourth-order valence-electron chi connectivity index (χ4n) is 2.84. The maximum atomic E-state index is 12.8. The van der Waals surface area contributed by atoms with Crippen molar-refractivity contribution < 1.29 is 8.42 Å². The van der Waals surface area contributed by atoms with Crippen LogP contribution in [0, 0.1) is 0 Å². The van der Waals surface area contributed by atoms with E-state index in [0.717, 1.165) is 13.1 Å². The number of rotatable bonds is 3. The van der Waals surface area contributed by atoms with Crippen LogP contribution in [0.3, 0.4) is 0 Å². The van der Waals surface area contributed by atoms with Gasteiger partial charge in [0.05, 0.1) is 0 Å². The number of imidazole rings is 1. The molecule has 0 aromatic carbocycles. The SMILES string of the molecule is O=S(=O)(c1c(Cl)nc2sccn12)N1CCN(C2CC2)CC1. The van der Waals surface area contributed by atoms with Gasteiger partial charge in [0.25, 0.3) is 10.0 Å². The molecule has 21 heavy (non-hydrogen) atoms. The molecule has 1 saturated carbocycles. The Morgan fingerprint density at radius 3 is 2.62 bits per heavy atom. The molecule has 0 spiro atoms. The molecule has 0 atom stereocenters. The molecule has 1 saturated heterocycles. The highest BCUT2D eigenvalue weighted by Gasteiger charge is 2.37. The van der Waals surface area contributed by atoms with Crippen LogP contribution in [0.15, 0.2) is 16.6 Å². The lowest BCUT2D eigenvalue weighted by molar-refractivity contribution is 0.180. The third-order valence-corrected chi connectivity index (χ3v) is 7.16. The van der Waals surface area contributed by atoms with Crippen molar-refractivity contribution in [3.8, 4) is 0 Å². The van der Waals surface area contributed by atoms with Crippen molar-refractivity contribution in [1.29, 1.82) is 0 Å². The Morgan fingerprint density at radius 2 is 1.95 bits per heavy atom. The van der Waals surface area contributed by atoms with E-state index in [1.54, 1.807) is 10.6 Å². The Kier molecular flexibility index (Phi) is 3.27. The molecular weight excluding hydrogens is 332 g/mol. The number of sulfonamides is 1. The number of thiazole rings is 1. The van der Waals surface area contributed by atoms with Crippen LogP contribution in [0.4, 0.5) is 0 Å². The molecule has 0 unspecified atom stereocenters. The van der Waals surface area contributed by atoms with E-state index in [9.17, 15) is 8.42 Å². The quantitative estimate of drug-likeness (QED) is 0.845. The van der Waals surface area contributed by atoms with E-state index >= 15 is 0 Å². The van der Waals surface area contributed by atoms with Gasteiger partial charge in [-0.2, -0.15) is 4.31 Å². The largest absolute Gasteiger partial charge is 0.298 e. The number of fused-ring (bicyclic) bond motifs is 1. The minimum atomic E-state index is -3.59. The lowest BCUT2D eigenvalue weighted by atomic mass is 10.3. The van der Waals surface area contributed by atoms with Crippen molar-refractivity contribution in [3.63, 3.8) is 0 Å². The predicted octanol–water partition coefficient (Wildman–Crippen LogP) is 1.52. The molecule has 114 valence electrons. The molecule has 3 heterocycles. The monoisotopic (exact) mass is 346 g/mol. The molecule has 2 aromatic rings. The Morgan fingerprint density at radius 1 is 1.24 bits per heavy atom.